The standard InChI is InChI=1S/C26H27ClN6O2S/c1-16-6-4-9-22(29-11-10-21(16)32-36-3)25(34)20-14-31-33(26(20)28)23-15-30-24(12-17(23)2)35-19-8-5-7-18(27)13-19/h5-10,12-15,29,32H,4,11,28H2,1-3H3/b16-6-,21-10+,22-9-. The molecule has 1 aliphatic heterocycles. The number of nitrogens with one attached hydrogen (secondary N) is 2. The lowest BCUT2D eigenvalue weighted by Crippen LogP contribution is -2.22. The molecule has 0 unspecified atom stereocenters. The summed E-state index contributed by atoms with van der Waals surface area (Å²) in [7, 11) is 0. The largest absolute Gasteiger partial charge is 0.439 e. The van der Waals surface area contributed by atoms with Crippen LogP contribution < -0.4 is 20.5 Å². The minimum atomic E-state index is -0.217. The van der Waals surface area contributed by atoms with Crippen LogP contribution in [0.2, 0.25) is 5.02 Å². The predicted molar refractivity (Wildman–Crippen MR) is 146 cm³/mol. The number of nitrogens with two attached hydrogens (primary N) is 1. The van der Waals surface area contributed by atoms with Crippen molar-refractivity contribution >= 4 is 35.1 Å². The van der Waals surface area contributed by atoms with Crippen LogP contribution in [0.3, 0.4) is 0 Å². The lowest BCUT2D eigenvalue weighted by molar-refractivity contribution is 0.102. The Balaban J connectivity index is 1.55. The molecule has 4 rings (SSSR count). The smallest absolute Gasteiger partial charge is 0.219 e. The van der Waals surface area contributed by atoms with Gasteiger partial charge >= 0.3 is 0 Å². The average molecular weight is 523 g/mol. The number of halogens is 1. The van der Waals surface area contributed by atoms with Crippen molar-refractivity contribution in [1.82, 2.24) is 24.8 Å². The fourth-order valence-electron chi connectivity index (χ4n) is 3.69. The van der Waals surface area contributed by atoms with Gasteiger partial charge in [-0.1, -0.05) is 41.8 Å². The zero-order valence-electron chi connectivity index (χ0n) is 20.2. The van der Waals surface area contributed by atoms with Gasteiger partial charge in [-0.3, -0.25) is 4.79 Å². The Hall–Kier alpha value is -3.69. The highest BCUT2D eigenvalue weighted by Gasteiger charge is 2.21. The lowest BCUT2D eigenvalue weighted by Gasteiger charge is -2.11. The molecule has 0 radical (unpaired) electrons. The number of ketones is 1. The van der Waals surface area contributed by atoms with Gasteiger partial charge in [0.2, 0.25) is 11.7 Å². The number of nitrogen functional groups attached to an aromatic ring is 1. The van der Waals surface area contributed by atoms with Gasteiger partial charge in [0.25, 0.3) is 0 Å². The third-order valence-corrected chi connectivity index (χ3v) is 6.24. The number of hydrogen-bond donors (Lipinski definition) is 3. The van der Waals surface area contributed by atoms with Crippen LogP contribution in [-0.4, -0.2) is 33.3 Å². The Labute approximate surface area is 219 Å². The van der Waals surface area contributed by atoms with E-state index in [4.69, 9.17) is 22.1 Å². The minimum absolute atomic E-state index is 0.217. The van der Waals surface area contributed by atoms with E-state index in [-0.39, 0.29) is 11.6 Å². The number of anilines is 1. The highest BCUT2D eigenvalue weighted by molar-refractivity contribution is 7.96. The van der Waals surface area contributed by atoms with E-state index in [1.165, 1.54) is 22.8 Å². The number of benzene rings is 1. The number of pyridine rings is 1. The summed E-state index contributed by atoms with van der Waals surface area (Å²) in [5.74, 6) is 1.02. The molecule has 10 heteroatoms. The average Bonchev–Trinajstić information content (AvgIpc) is 3.25. The van der Waals surface area contributed by atoms with E-state index >= 15 is 0 Å². The first-order valence-electron chi connectivity index (χ1n) is 11.3. The van der Waals surface area contributed by atoms with Crippen molar-refractivity contribution in [2.45, 2.75) is 20.3 Å². The third kappa shape index (κ3) is 5.75. The summed E-state index contributed by atoms with van der Waals surface area (Å²) in [5, 5.41) is 8.17. The Kier molecular flexibility index (Phi) is 8.02. The predicted octanol–water partition coefficient (Wildman–Crippen LogP) is 5.36. The second kappa shape index (κ2) is 11.4. The van der Waals surface area contributed by atoms with Crippen molar-refractivity contribution in [3.63, 3.8) is 0 Å². The van der Waals surface area contributed by atoms with E-state index in [2.05, 4.69) is 26.2 Å². The molecule has 2 aromatic heterocycles. The topological polar surface area (TPSA) is 107 Å². The highest BCUT2D eigenvalue weighted by atomic mass is 35.5. The number of ether oxygens (including phenoxy) is 1. The fraction of sp³-hybridized carbons (Fsp3) is 0.192. The summed E-state index contributed by atoms with van der Waals surface area (Å²) in [4.78, 5) is 17.7. The van der Waals surface area contributed by atoms with Crippen LogP contribution in [0.4, 0.5) is 5.82 Å². The molecule has 0 aliphatic carbocycles. The van der Waals surface area contributed by atoms with E-state index in [0.717, 1.165) is 16.8 Å². The van der Waals surface area contributed by atoms with Gasteiger partial charge in [0.1, 0.15) is 11.6 Å². The summed E-state index contributed by atoms with van der Waals surface area (Å²) >= 11 is 7.56. The molecule has 186 valence electrons. The zero-order chi connectivity index (χ0) is 25.7. The molecule has 0 amide bonds. The number of carbonyl (C=O) groups is 1. The van der Waals surface area contributed by atoms with Crippen LogP contribution in [0, 0.1) is 6.92 Å². The number of carbonyl (C=O) groups excluding carboxylic acids is 1. The SMILES string of the molecule is CSNC1=C/CN/C(C(=O)c2cnn(-c3cnc(Oc4cccc(Cl)c4)cc3C)c2N)=C\C/C=C\1C. The van der Waals surface area contributed by atoms with E-state index < -0.39 is 0 Å². The monoisotopic (exact) mass is 522 g/mol. The van der Waals surface area contributed by atoms with E-state index in [1.54, 1.807) is 36.5 Å². The van der Waals surface area contributed by atoms with Gasteiger partial charge in [-0.2, -0.15) is 5.10 Å². The molecular formula is C26H27ClN6O2S. The van der Waals surface area contributed by atoms with Gasteiger partial charge in [-0.05, 0) is 55.7 Å². The van der Waals surface area contributed by atoms with Crippen molar-refractivity contribution in [3.8, 4) is 17.3 Å². The summed E-state index contributed by atoms with van der Waals surface area (Å²) in [6.45, 7) is 4.43. The van der Waals surface area contributed by atoms with Gasteiger partial charge in [-0.15, -0.1) is 0 Å². The number of Topliss-reactive ketones (excluding diaryl/α,β-unsaturated/α-hetero) is 1. The Morgan fingerprint density at radius 1 is 1.22 bits per heavy atom. The third-order valence-electron chi connectivity index (χ3n) is 5.58. The number of aromatic nitrogens is 3. The van der Waals surface area contributed by atoms with E-state index in [1.807, 2.05) is 32.3 Å². The zero-order valence-corrected chi connectivity index (χ0v) is 21.8. The van der Waals surface area contributed by atoms with Gasteiger partial charge in [0, 0.05) is 29.6 Å². The highest BCUT2D eigenvalue weighted by Crippen LogP contribution is 2.27. The molecule has 3 aromatic rings. The maximum absolute atomic E-state index is 13.3. The summed E-state index contributed by atoms with van der Waals surface area (Å²) in [5.41, 5.74) is 10.8. The van der Waals surface area contributed by atoms with Gasteiger partial charge < -0.3 is 20.5 Å². The first-order valence-corrected chi connectivity index (χ1v) is 12.9. The number of hydrogen-bond acceptors (Lipinski definition) is 8. The first-order chi connectivity index (χ1) is 17.4. The van der Waals surface area contributed by atoms with Crippen LogP contribution in [0.15, 0.2) is 77.9 Å². The molecule has 3 heterocycles. The van der Waals surface area contributed by atoms with E-state index in [9.17, 15) is 4.79 Å². The second-order valence-electron chi connectivity index (χ2n) is 8.10. The van der Waals surface area contributed by atoms with Crippen molar-refractivity contribution in [1.29, 1.82) is 0 Å². The van der Waals surface area contributed by atoms with Crippen LogP contribution in [0.1, 0.15) is 29.3 Å². The molecule has 1 aromatic carbocycles. The van der Waals surface area contributed by atoms with Crippen LogP contribution in [0.5, 0.6) is 11.6 Å². The second-order valence-corrected chi connectivity index (χ2v) is 9.15. The number of rotatable bonds is 7. The number of nitrogens with zero attached hydrogens (tertiary/aromatic N) is 3. The molecule has 8 nitrogen and oxygen atoms in total. The summed E-state index contributed by atoms with van der Waals surface area (Å²) in [6, 6.07) is 8.87. The van der Waals surface area contributed by atoms with Crippen molar-refractivity contribution in [3.05, 3.63) is 94.1 Å². The minimum Gasteiger partial charge on any atom is -0.439 e. The molecule has 0 saturated carbocycles. The Morgan fingerprint density at radius 2 is 2.06 bits per heavy atom. The van der Waals surface area contributed by atoms with E-state index in [0.29, 0.717) is 46.6 Å². The lowest BCUT2D eigenvalue weighted by atomic mass is 10.1. The fourth-order valence-corrected chi connectivity index (χ4v) is 4.33. The quantitative estimate of drug-likeness (QED) is 0.281. The molecular weight excluding hydrogens is 496 g/mol. The van der Waals surface area contributed by atoms with Crippen LogP contribution in [0.25, 0.3) is 5.69 Å². The molecule has 0 fully saturated rings. The van der Waals surface area contributed by atoms with Gasteiger partial charge in [-0.25, -0.2) is 9.67 Å². The van der Waals surface area contributed by atoms with Crippen molar-refractivity contribution in [2.24, 2.45) is 0 Å². The maximum Gasteiger partial charge on any atom is 0.219 e. The molecule has 4 N–H and O–H groups in total. The number of aryl methyl sites for hydroxylation is 1. The molecule has 0 bridgehead atoms. The van der Waals surface area contributed by atoms with Crippen molar-refractivity contribution in [2.75, 3.05) is 18.5 Å². The van der Waals surface area contributed by atoms with Crippen LogP contribution in [-0.2, 0) is 0 Å². The Bertz CT molecular complexity index is 1380. The van der Waals surface area contributed by atoms with Gasteiger partial charge in [0.15, 0.2) is 0 Å². The number of allylic oxidation sites excluding steroid dienone is 4. The molecule has 0 spiro atoms. The Morgan fingerprint density at radius 3 is 2.81 bits per heavy atom. The molecule has 0 saturated heterocycles. The molecule has 1 aliphatic rings. The van der Waals surface area contributed by atoms with Gasteiger partial charge in [0.05, 0.1) is 29.3 Å². The normalized spacial score (nSPS) is 18.2. The van der Waals surface area contributed by atoms with Crippen molar-refractivity contribution < 1.29 is 9.53 Å². The summed E-state index contributed by atoms with van der Waals surface area (Å²) in [6.07, 6.45) is 11.6. The molecule has 0 atom stereocenters. The summed E-state index contributed by atoms with van der Waals surface area (Å²) < 4.78 is 10.6. The maximum atomic E-state index is 13.3. The first kappa shape index (κ1) is 25.4. The molecule has 36 heavy (non-hydrogen) atoms. The van der Waals surface area contributed by atoms with Crippen LogP contribution >= 0.6 is 23.5 Å².